The van der Waals surface area contributed by atoms with Crippen LogP contribution in [0.3, 0.4) is 0 Å². The SMILES string of the molecule is CCCCCn1cnc2sc(C(=O)Nc3sc(C)c(C)c3C(=O)OCC)c(C)c2c1=O. The molecule has 0 atom stereocenters. The predicted octanol–water partition coefficient (Wildman–Crippen LogP) is 5.06. The standard InChI is InChI=1S/C22H27N3O4S2/c1-6-8-9-10-25-11-23-19-15(21(25)27)13(4)17(31-19)18(26)24-20-16(22(28)29-7-2)12(3)14(5)30-20/h11H,6-10H2,1-5H3,(H,24,26). The molecule has 1 amide bonds. The molecule has 0 aliphatic rings. The van der Waals surface area contributed by atoms with E-state index in [0.29, 0.717) is 37.8 Å². The first-order valence-electron chi connectivity index (χ1n) is 10.4. The molecule has 3 aromatic heterocycles. The minimum absolute atomic E-state index is 0.121. The number of ether oxygens (including phenoxy) is 1. The Morgan fingerprint density at radius 1 is 1.13 bits per heavy atom. The molecular formula is C22H27N3O4S2. The van der Waals surface area contributed by atoms with Crippen molar-refractivity contribution in [1.82, 2.24) is 9.55 Å². The molecule has 3 aromatic rings. The average Bonchev–Trinajstić information content (AvgIpc) is 3.20. The first kappa shape index (κ1) is 23.1. The molecule has 0 bridgehead atoms. The number of carbonyl (C=O) groups excluding carboxylic acids is 2. The molecule has 0 radical (unpaired) electrons. The average molecular weight is 462 g/mol. The monoisotopic (exact) mass is 461 g/mol. The van der Waals surface area contributed by atoms with Gasteiger partial charge in [-0.3, -0.25) is 14.2 Å². The van der Waals surface area contributed by atoms with Gasteiger partial charge in [-0.2, -0.15) is 0 Å². The fourth-order valence-electron chi connectivity index (χ4n) is 3.39. The number of unbranched alkanes of at least 4 members (excludes halogenated alkanes) is 2. The number of amides is 1. The van der Waals surface area contributed by atoms with Crippen LogP contribution in [0.15, 0.2) is 11.1 Å². The largest absolute Gasteiger partial charge is 0.462 e. The Labute approximate surface area is 189 Å². The first-order valence-corrected chi connectivity index (χ1v) is 12.0. The second kappa shape index (κ2) is 9.74. The van der Waals surface area contributed by atoms with Crippen molar-refractivity contribution in [2.24, 2.45) is 0 Å². The molecule has 3 heterocycles. The van der Waals surface area contributed by atoms with Crippen LogP contribution in [0.2, 0.25) is 0 Å². The topological polar surface area (TPSA) is 90.3 Å². The Morgan fingerprint density at radius 2 is 1.87 bits per heavy atom. The molecule has 0 saturated heterocycles. The number of hydrogen-bond donors (Lipinski definition) is 1. The Morgan fingerprint density at radius 3 is 2.55 bits per heavy atom. The van der Waals surface area contributed by atoms with E-state index in [1.165, 1.54) is 22.7 Å². The highest BCUT2D eigenvalue weighted by Crippen LogP contribution is 2.34. The number of anilines is 1. The van der Waals surface area contributed by atoms with Gasteiger partial charge in [-0.25, -0.2) is 9.78 Å². The maximum absolute atomic E-state index is 13.1. The molecule has 9 heteroatoms. The molecular weight excluding hydrogens is 434 g/mol. The molecule has 166 valence electrons. The summed E-state index contributed by atoms with van der Waals surface area (Å²) in [6.45, 7) is 10.2. The van der Waals surface area contributed by atoms with Crippen molar-refractivity contribution in [2.45, 2.75) is 60.4 Å². The summed E-state index contributed by atoms with van der Waals surface area (Å²) in [7, 11) is 0. The van der Waals surface area contributed by atoms with Crippen LogP contribution in [0.25, 0.3) is 10.2 Å². The van der Waals surface area contributed by atoms with Gasteiger partial charge in [0.1, 0.15) is 9.83 Å². The van der Waals surface area contributed by atoms with Gasteiger partial charge in [-0.05, 0) is 45.2 Å². The lowest BCUT2D eigenvalue weighted by molar-refractivity contribution is 0.0527. The van der Waals surface area contributed by atoms with Crippen LogP contribution in [0.5, 0.6) is 0 Å². The quantitative estimate of drug-likeness (QED) is 0.374. The van der Waals surface area contributed by atoms with Crippen LogP contribution in [-0.2, 0) is 11.3 Å². The third-order valence-electron chi connectivity index (χ3n) is 5.22. The highest BCUT2D eigenvalue weighted by Gasteiger charge is 2.25. The third kappa shape index (κ3) is 4.57. The zero-order chi connectivity index (χ0) is 22.7. The van der Waals surface area contributed by atoms with E-state index < -0.39 is 5.97 Å². The van der Waals surface area contributed by atoms with E-state index in [2.05, 4.69) is 17.2 Å². The van der Waals surface area contributed by atoms with E-state index in [0.717, 1.165) is 29.7 Å². The molecule has 3 rings (SSSR count). The van der Waals surface area contributed by atoms with E-state index in [9.17, 15) is 14.4 Å². The van der Waals surface area contributed by atoms with Crippen LogP contribution >= 0.6 is 22.7 Å². The van der Waals surface area contributed by atoms with Crippen molar-refractivity contribution < 1.29 is 14.3 Å². The van der Waals surface area contributed by atoms with Crippen LogP contribution < -0.4 is 10.9 Å². The van der Waals surface area contributed by atoms with Crippen molar-refractivity contribution in [3.05, 3.63) is 43.1 Å². The molecule has 0 unspecified atom stereocenters. The van der Waals surface area contributed by atoms with Gasteiger partial charge in [0.2, 0.25) is 0 Å². The third-order valence-corrected chi connectivity index (χ3v) is 7.54. The van der Waals surface area contributed by atoms with Gasteiger partial charge in [-0.15, -0.1) is 22.7 Å². The van der Waals surface area contributed by atoms with Gasteiger partial charge in [0.15, 0.2) is 0 Å². The van der Waals surface area contributed by atoms with Gasteiger partial charge >= 0.3 is 5.97 Å². The molecule has 0 aliphatic carbocycles. The summed E-state index contributed by atoms with van der Waals surface area (Å²) in [4.78, 5) is 44.7. The normalized spacial score (nSPS) is 11.1. The van der Waals surface area contributed by atoms with Gasteiger partial charge in [0.25, 0.3) is 11.5 Å². The lowest BCUT2D eigenvalue weighted by Gasteiger charge is -2.07. The molecule has 31 heavy (non-hydrogen) atoms. The number of carbonyl (C=O) groups is 2. The van der Waals surface area contributed by atoms with Crippen LogP contribution in [0.1, 0.15) is 69.1 Å². The molecule has 1 N–H and O–H groups in total. The van der Waals surface area contributed by atoms with Crippen LogP contribution in [-0.4, -0.2) is 28.0 Å². The zero-order valence-electron chi connectivity index (χ0n) is 18.5. The molecule has 0 aromatic carbocycles. The Kier molecular flexibility index (Phi) is 7.27. The summed E-state index contributed by atoms with van der Waals surface area (Å²) in [5.41, 5.74) is 1.67. The number of thiophene rings is 2. The summed E-state index contributed by atoms with van der Waals surface area (Å²) in [6.07, 6.45) is 4.58. The van der Waals surface area contributed by atoms with Crippen molar-refractivity contribution in [3.8, 4) is 0 Å². The molecule has 0 aliphatic heterocycles. The number of aryl methyl sites for hydroxylation is 3. The fourth-order valence-corrected chi connectivity index (χ4v) is 5.47. The summed E-state index contributed by atoms with van der Waals surface area (Å²) in [5.74, 6) is -0.812. The summed E-state index contributed by atoms with van der Waals surface area (Å²) >= 11 is 2.53. The summed E-state index contributed by atoms with van der Waals surface area (Å²) in [6, 6.07) is 0. The van der Waals surface area contributed by atoms with Gasteiger partial charge in [0, 0.05) is 11.4 Å². The minimum atomic E-state index is -0.454. The molecule has 0 spiro atoms. The van der Waals surface area contributed by atoms with E-state index in [4.69, 9.17) is 4.74 Å². The van der Waals surface area contributed by atoms with Gasteiger partial charge in [0.05, 0.1) is 28.8 Å². The van der Waals surface area contributed by atoms with Crippen molar-refractivity contribution in [1.29, 1.82) is 0 Å². The molecule has 0 saturated carbocycles. The molecule has 7 nitrogen and oxygen atoms in total. The number of fused-ring (bicyclic) bond motifs is 1. The zero-order valence-corrected chi connectivity index (χ0v) is 20.1. The number of rotatable bonds is 8. The second-order valence-corrected chi connectivity index (χ2v) is 9.57. The van der Waals surface area contributed by atoms with E-state index in [1.54, 1.807) is 24.7 Å². The van der Waals surface area contributed by atoms with E-state index in [1.807, 2.05) is 13.8 Å². The second-order valence-electron chi connectivity index (χ2n) is 7.35. The maximum Gasteiger partial charge on any atom is 0.341 e. The number of aromatic nitrogens is 2. The minimum Gasteiger partial charge on any atom is -0.462 e. The maximum atomic E-state index is 13.1. The predicted molar refractivity (Wildman–Crippen MR) is 126 cm³/mol. The van der Waals surface area contributed by atoms with Crippen molar-refractivity contribution >= 4 is 49.8 Å². The number of hydrogen-bond acceptors (Lipinski definition) is 7. The van der Waals surface area contributed by atoms with Gasteiger partial charge < -0.3 is 10.1 Å². The highest BCUT2D eigenvalue weighted by molar-refractivity contribution is 7.21. The lowest BCUT2D eigenvalue weighted by atomic mass is 10.1. The van der Waals surface area contributed by atoms with E-state index >= 15 is 0 Å². The summed E-state index contributed by atoms with van der Waals surface area (Å²) < 4.78 is 6.77. The van der Waals surface area contributed by atoms with Gasteiger partial charge in [-0.1, -0.05) is 19.8 Å². The summed E-state index contributed by atoms with van der Waals surface area (Å²) in [5, 5.41) is 3.80. The van der Waals surface area contributed by atoms with E-state index in [-0.39, 0.29) is 18.1 Å². The van der Waals surface area contributed by atoms with Crippen LogP contribution in [0, 0.1) is 20.8 Å². The fraction of sp³-hybridized carbons (Fsp3) is 0.455. The highest BCUT2D eigenvalue weighted by atomic mass is 32.1. The number of nitrogens with one attached hydrogen (secondary N) is 1. The Bertz CT molecular complexity index is 1190. The first-order chi connectivity index (χ1) is 14.8. The lowest BCUT2D eigenvalue weighted by Crippen LogP contribution is -2.20. The van der Waals surface area contributed by atoms with Crippen molar-refractivity contribution in [2.75, 3.05) is 11.9 Å². The Balaban J connectivity index is 1.95. The Hall–Kier alpha value is -2.52. The number of nitrogens with zero attached hydrogens (tertiary/aromatic N) is 2. The smallest absolute Gasteiger partial charge is 0.341 e. The van der Waals surface area contributed by atoms with Crippen LogP contribution in [0.4, 0.5) is 5.00 Å². The number of esters is 1. The van der Waals surface area contributed by atoms with Crippen molar-refractivity contribution in [3.63, 3.8) is 0 Å². The molecule has 0 fully saturated rings.